The molecule has 0 bridgehead atoms. The van der Waals surface area contributed by atoms with Crippen LogP contribution >= 0.6 is 0 Å². The van der Waals surface area contributed by atoms with Crippen LogP contribution in [0, 0.1) is 6.07 Å². The first-order valence-electron chi connectivity index (χ1n) is 3.35. The number of carbonyl (C=O) groups is 1. The standard InChI is InChI=1S/C7H5O.C2H6.Y/c8-6-7-4-2-1-3-5-7;1-2;/h2-6H;1-2H3;/q-1;;. The van der Waals surface area contributed by atoms with Crippen LogP contribution in [0.25, 0.3) is 0 Å². The summed E-state index contributed by atoms with van der Waals surface area (Å²) in [6.07, 6.45) is 0.813. The van der Waals surface area contributed by atoms with E-state index < -0.39 is 0 Å². The van der Waals surface area contributed by atoms with Crippen molar-refractivity contribution >= 4 is 6.29 Å². The summed E-state index contributed by atoms with van der Waals surface area (Å²) < 4.78 is 0. The average molecular weight is 224 g/mol. The van der Waals surface area contributed by atoms with Crippen LogP contribution in [-0.2, 0) is 32.7 Å². The Morgan fingerprint density at radius 2 is 1.73 bits per heavy atom. The van der Waals surface area contributed by atoms with E-state index in [1.165, 1.54) is 0 Å². The Hall–Kier alpha value is -0.00610. The smallest absolute Gasteiger partial charge is 0.126 e. The van der Waals surface area contributed by atoms with E-state index in [0.717, 1.165) is 6.29 Å². The predicted molar refractivity (Wildman–Crippen MR) is 42.0 cm³/mol. The molecule has 0 saturated carbocycles. The first-order chi connectivity index (χ1) is 4.93. The normalized spacial score (nSPS) is 6.73. The van der Waals surface area contributed by atoms with Gasteiger partial charge in [0.25, 0.3) is 0 Å². The molecule has 0 saturated heterocycles. The summed E-state index contributed by atoms with van der Waals surface area (Å²) in [5.74, 6) is 0. The Kier molecular flexibility index (Phi) is 12.3. The summed E-state index contributed by atoms with van der Waals surface area (Å²) in [6, 6.07) is 9.66. The Labute approximate surface area is 93.1 Å². The van der Waals surface area contributed by atoms with Crippen LogP contribution < -0.4 is 0 Å². The zero-order valence-corrected chi connectivity index (χ0v) is 9.71. The molecule has 1 radical (unpaired) electrons. The Morgan fingerprint density at radius 3 is 2.00 bits per heavy atom. The number of hydrogen-bond donors (Lipinski definition) is 0. The molecule has 0 heterocycles. The van der Waals surface area contributed by atoms with Gasteiger partial charge in [-0.05, 0) is 0 Å². The first-order valence-corrected chi connectivity index (χ1v) is 3.35. The van der Waals surface area contributed by atoms with E-state index in [9.17, 15) is 4.79 Å². The maximum absolute atomic E-state index is 9.99. The van der Waals surface area contributed by atoms with Crippen LogP contribution in [0.15, 0.2) is 24.3 Å². The maximum atomic E-state index is 9.99. The summed E-state index contributed by atoms with van der Waals surface area (Å²) in [5, 5.41) is 0. The third-order valence-electron chi connectivity index (χ3n) is 0.880. The summed E-state index contributed by atoms with van der Waals surface area (Å²) in [6.45, 7) is 4.00. The molecule has 11 heavy (non-hydrogen) atoms. The fraction of sp³-hybridized carbons (Fsp3) is 0.222. The zero-order valence-electron chi connectivity index (χ0n) is 6.87. The van der Waals surface area contributed by atoms with E-state index in [2.05, 4.69) is 6.07 Å². The molecule has 57 valence electrons. The van der Waals surface area contributed by atoms with E-state index in [-0.39, 0.29) is 32.7 Å². The van der Waals surface area contributed by atoms with Gasteiger partial charge in [-0.25, -0.2) is 0 Å². The van der Waals surface area contributed by atoms with Crippen LogP contribution in [0.2, 0.25) is 0 Å². The quantitative estimate of drug-likeness (QED) is 0.528. The van der Waals surface area contributed by atoms with Gasteiger partial charge in [-0.3, -0.25) is 0 Å². The summed E-state index contributed by atoms with van der Waals surface area (Å²) in [5.41, 5.74) is 0.698. The molecule has 0 unspecified atom stereocenters. The second-order valence-corrected chi connectivity index (χ2v) is 1.45. The second-order valence-electron chi connectivity index (χ2n) is 1.45. The molecule has 1 aromatic carbocycles. The van der Waals surface area contributed by atoms with Crippen LogP contribution in [-0.4, -0.2) is 6.29 Å². The van der Waals surface area contributed by atoms with Crippen molar-refractivity contribution in [2.24, 2.45) is 0 Å². The van der Waals surface area contributed by atoms with Gasteiger partial charge >= 0.3 is 0 Å². The number of aldehydes is 1. The van der Waals surface area contributed by atoms with Gasteiger partial charge in [0.05, 0.1) is 0 Å². The number of benzene rings is 1. The van der Waals surface area contributed by atoms with Crippen molar-refractivity contribution in [1.29, 1.82) is 0 Å². The SMILES string of the molecule is CC.O=Cc1cc[c-]cc1.[Y]. The molecular formula is C9H11OY-. The van der Waals surface area contributed by atoms with Gasteiger partial charge in [0, 0.05) is 32.7 Å². The minimum Gasteiger partial charge on any atom is -0.300 e. The Morgan fingerprint density at radius 1 is 1.27 bits per heavy atom. The van der Waals surface area contributed by atoms with Gasteiger partial charge in [0.2, 0.25) is 0 Å². The van der Waals surface area contributed by atoms with Gasteiger partial charge in [0.15, 0.2) is 0 Å². The van der Waals surface area contributed by atoms with Gasteiger partial charge in [-0.1, -0.05) is 19.4 Å². The topological polar surface area (TPSA) is 17.1 Å². The van der Waals surface area contributed by atoms with Crippen molar-refractivity contribution < 1.29 is 37.5 Å². The minimum absolute atomic E-state index is 0. The fourth-order valence-corrected chi connectivity index (χ4v) is 0.478. The summed E-state index contributed by atoms with van der Waals surface area (Å²) >= 11 is 0. The molecule has 2 heteroatoms. The van der Waals surface area contributed by atoms with Crippen LogP contribution in [0.1, 0.15) is 24.2 Å². The van der Waals surface area contributed by atoms with Crippen molar-refractivity contribution in [3.63, 3.8) is 0 Å². The van der Waals surface area contributed by atoms with Crippen molar-refractivity contribution in [1.82, 2.24) is 0 Å². The van der Waals surface area contributed by atoms with Gasteiger partial charge in [-0.2, -0.15) is 30.3 Å². The molecule has 1 rings (SSSR count). The van der Waals surface area contributed by atoms with E-state index >= 15 is 0 Å². The summed E-state index contributed by atoms with van der Waals surface area (Å²) in [7, 11) is 0. The number of rotatable bonds is 1. The van der Waals surface area contributed by atoms with Gasteiger partial charge in [-0.15, -0.1) is 0 Å². The van der Waals surface area contributed by atoms with Crippen molar-refractivity contribution in [3.05, 3.63) is 35.9 Å². The van der Waals surface area contributed by atoms with Crippen molar-refractivity contribution in [2.45, 2.75) is 13.8 Å². The molecule has 0 amide bonds. The van der Waals surface area contributed by atoms with Crippen LogP contribution in [0.3, 0.4) is 0 Å². The number of carbonyl (C=O) groups excluding carboxylic acids is 1. The largest absolute Gasteiger partial charge is 0.300 e. The van der Waals surface area contributed by atoms with E-state index in [4.69, 9.17) is 0 Å². The average Bonchev–Trinajstić information content (AvgIpc) is 2.10. The van der Waals surface area contributed by atoms with E-state index in [1.54, 1.807) is 24.3 Å². The van der Waals surface area contributed by atoms with Crippen molar-refractivity contribution in [2.75, 3.05) is 0 Å². The predicted octanol–water partition coefficient (Wildman–Crippen LogP) is 2.32. The third-order valence-corrected chi connectivity index (χ3v) is 0.880. The third kappa shape index (κ3) is 6.39. The van der Waals surface area contributed by atoms with E-state index in [0.29, 0.717) is 5.56 Å². The molecule has 0 N–H and O–H groups in total. The molecule has 1 nitrogen and oxygen atoms in total. The maximum Gasteiger partial charge on any atom is 0.126 e. The molecule has 0 aliphatic rings. The fourth-order valence-electron chi connectivity index (χ4n) is 0.478. The van der Waals surface area contributed by atoms with Gasteiger partial charge < -0.3 is 4.79 Å². The Balaban J connectivity index is 0. The second kappa shape index (κ2) is 9.99. The molecule has 0 atom stereocenters. The van der Waals surface area contributed by atoms with Gasteiger partial charge in [0.1, 0.15) is 6.29 Å². The van der Waals surface area contributed by atoms with Crippen molar-refractivity contribution in [3.8, 4) is 0 Å². The minimum atomic E-state index is 0. The molecule has 0 aliphatic carbocycles. The number of hydrogen-bond acceptors (Lipinski definition) is 1. The molecule has 0 fully saturated rings. The molecule has 0 spiro atoms. The van der Waals surface area contributed by atoms with Crippen LogP contribution in [0.4, 0.5) is 0 Å². The van der Waals surface area contributed by atoms with E-state index in [1.807, 2.05) is 13.8 Å². The molecular weight excluding hydrogens is 213 g/mol. The first kappa shape index (κ1) is 13.6. The monoisotopic (exact) mass is 224 g/mol. The molecule has 0 aliphatic heterocycles. The zero-order chi connectivity index (χ0) is 7.82. The van der Waals surface area contributed by atoms with Crippen LogP contribution in [0.5, 0.6) is 0 Å². The molecule has 0 aromatic heterocycles. The Bertz CT molecular complexity index is 172. The molecule has 1 aromatic rings. The summed E-state index contributed by atoms with van der Waals surface area (Å²) in [4.78, 5) is 9.99.